The van der Waals surface area contributed by atoms with Gasteiger partial charge in [-0.15, -0.1) is 24.0 Å². The Morgan fingerprint density at radius 1 is 1.33 bits per heavy atom. The van der Waals surface area contributed by atoms with E-state index in [0.717, 1.165) is 37.6 Å². The SMILES string of the molecule is CCNC(=NCc1cccc(C(=O)NC(C)CC)c1)N1CCC(C)(C)C1.I. The number of amides is 1. The van der Waals surface area contributed by atoms with Gasteiger partial charge in [-0.2, -0.15) is 0 Å². The number of likely N-dealkylation sites (tertiary alicyclic amines) is 1. The van der Waals surface area contributed by atoms with Gasteiger partial charge >= 0.3 is 0 Å². The van der Waals surface area contributed by atoms with E-state index in [-0.39, 0.29) is 35.9 Å². The molecule has 1 atom stereocenters. The third-order valence-corrected chi connectivity index (χ3v) is 4.90. The average Bonchev–Trinajstić information content (AvgIpc) is 2.98. The quantitative estimate of drug-likeness (QED) is 0.363. The molecule has 6 heteroatoms. The highest BCUT2D eigenvalue weighted by Crippen LogP contribution is 2.28. The molecule has 27 heavy (non-hydrogen) atoms. The zero-order valence-corrected chi connectivity index (χ0v) is 19.7. The molecule has 1 aromatic carbocycles. The van der Waals surface area contributed by atoms with Crippen molar-refractivity contribution in [3.63, 3.8) is 0 Å². The van der Waals surface area contributed by atoms with E-state index in [1.165, 1.54) is 6.42 Å². The van der Waals surface area contributed by atoms with Crippen molar-refractivity contribution in [3.8, 4) is 0 Å². The molecular weight excluding hydrogens is 451 g/mol. The Labute approximate surface area is 181 Å². The normalized spacial score (nSPS) is 17.2. The van der Waals surface area contributed by atoms with Crippen LogP contribution in [-0.2, 0) is 6.54 Å². The van der Waals surface area contributed by atoms with Crippen LogP contribution in [0.5, 0.6) is 0 Å². The van der Waals surface area contributed by atoms with Crippen molar-refractivity contribution in [3.05, 3.63) is 35.4 Å². The van der Waals surface area contributed by atoms with Crippen molar-refractivity contribution >= 4 is 35.8 Å². The number of benzene rings is 1. The van der Waals surface area contributed by atoms with Gasteiger partial charge in [-0.3, -0.25) is 4.79 Å². The highest BCUT2D eigenvalue weighted by atomic mass is 127. The van der Waals surface area contributed by atoms with Crippen LogP contribution in [0.4, 0.5) is 0 Å². The van der Waals surface area contributed by atoms with Crippen LogP contribution < -0.4 is 10.6 Å². The average molecular weight is 486 g/mol. The summed E-state index contributed by atoms with van der Waals surface area (Å²) in [5.41, 5.74) is 2.09. The van der Waals surface area contributed by atoms with Gasteiger partial charge < -0.3 is 15.5 Å². The second-order valence-corrected chi connectivity index (χ2v) is 7.99. The number of hydrogen-bond acceptors (Lipinski definition) is 2. The van der Waals surface area contributed by atoms with Gasteiger partial charge in [-0.1, -0.05) is 32.9 Å². The molecule has 0 saturated carbocycles. The standard InChI is InChI=1S/C21H34N4O.HI/c1-6-16(3)24-19(26)18-10-8-9-17(13-18)14-23-20(22-7-2)25-12-11-21(4,5)15-25;/h8-10,13,16H,6-7,11-12,14-15H2,1-5H3,(H,22,23)(H,24,26);1H. The summed E-state index contributed by atoms with van der Waals surface area (Å²) in [5, 5.41) is 6.42. The molecule has 1 unspecified atom stereocenters. The predicted octanol–water partition coefficient (Wildman–Crippen LogP) is 4.03. The zero-order chi connectivity index (χ0) is 19.2. The van der Waals surface area contributed by atoms with Crippen LogP contribution in [0.15, 0.2) is 29.3 Å². The lowest BCUT2D eigenvalue weighted by Gasteiger charge is -2.23. The molecule has 1 aliphatic heterocycles. The highest BCUT2D eigenvalue weighted by molar-refractivity contribution is 14.0. The summed E-state index contributed by atoms with van der Waals surface area (Å²) in [6.07, 6.45) is 2.11. The van der Waals surface area contributed by atoms with E-state index in [2.05, 4.69) is 43.2 Å². The van der Waals surface area contributed by atoms with E-state index in [9.17, 15) is 4.79 Å². The van der Waals surface area contributed by atoms with Crippen LogP contribution in [-0.4, -0.2) is 42.4 Å². The molecule has 5 nitrogen and oxygen atoms in total. The molecule has 1 saturated heterocycles. The first-order valence-corrected chi connectivity index (χ1v) is 9.77. The lowest BCUT2D eigenvalue weighted by atomic mass is 9.93. The van der Waals surface area contributed by atoms with Crippen molar-refractivity contribution in [2.45, 2.75) is 60.0 Å². The number of halogens is 1. The van der Waals surface area contributed by atoms with Crippen molar-refractivity contribution in [2.24, 2.45) is 10.4 Å². The van der Waals surface area contributed by atoms with Gasteiger partial charge in [-0.05, 0) is 49.8 Å². The van der Waals surface area contributed by atoms with Crippen molar-refractivity contribution in [2.75, 3.05) is 19.6 Å². The number of hydrogen-bond donors (Lipinski definition) is 2. The van der Waals surface area contributed by atoms with E-state index >= 15 is 0 Å². The Morgan fingerprint density at radius 3 is 2.67 bits per heavy atom. The largest absolute Gasteiger partial charge is 0.357 e. The van der Waals surface area contributed by atoms with Crippen LogP contribution >= 0.6 is 24.0 Å². The van der Waals surface area contributed by atoms with Crippen molar-refractivity contribution in [1.29, 1.82) is 0 Å². The monoisotopic (exact) mass is 486 g/mol. The van der Waals surface area contributed by atoms with Crippen LogP contribution in [0.25, 0.3) is 0 Å². The third-order valence-electron chi connectivity index (χ3n) is 4.90. The summed E-state index contributed by atoms with van der Waals surface area (Å²) in [5.74, 6) is 0.950. The summed E-state index contributed by atoms with van der Waals surface area (Å²) in [6.45, 7) is 14.3. The molecule has 0 spiro atoms. The predicted molar refractivity (Wildman–Crippen MR) is 124 cm³/mol. The summed E-state index contributed by atoms with van der Waals surface area (Å²) in [4.78, 5) is 19.5. The molecular formula is C21H35IN4O. The number of nitrogens with one attached hydrogen (secondary N) is 2. The second-order valence-electron chi connectivity index (χ2n) is 7.99. The molecule has 2 N–H and O–H groups in total. The van der Waals surface area contributed by atoms with Crippen LogP contribution in [0.3, 0.4) is 0 Å². The number of guanidine groups is 1. The molecule has 1 aliphatic rings. The van der Waals surface area contributed by atoms with E-state index < -0.39 is 0 Å². The lowest BCUT2D eigenvalue weighted by molar-refractivity contribution is 0.0939. The van der Waals surface area contributed by atoms with E-state index in [1.807, 2.05) is 31.2 Å². The molecule has 1 heterocycles. The fourth-order valence-corrected chi connectivity index (χ4v) is 3.11. The van der Waals surface area contributed by atoms with E-state index in [4.69, 9.17) is 4.99 Å². The molecule has 0 bridgehead atoms. The van der Waals surface area contributed by atoms with Gasteiger partial charge in [0.25, 0.3) is 5.91 Å². The number of carbonyl (C=O) groups excluding carboxylic acids is 1. The van der Waals surface area contributed by atoms with Gasteiger partial charge in [0.1, 0.15) is 0 Å². The first-order chi connectivity index (χ1) is 12.3. The van der Waals surface area contributed by atoms with Gasteiger partial charge in [-0.25, -0.2) is 4.99 Å². The minimum absolute atomic E-state index is 0. The smallest absolute Gasteiger partial charge is 0.251 e. The van der Waals surface area contributed by atoms with E-state index in [0.29, 0.717) is 17.5 Å². The fourth-order valence-electron chi connectivity index (χ4n) is 3.11. The Hall–Kier alpha value is -1.31. The summed E-state index contributed by atoms with van der Waals surface area (Å²) in [7, 11) is 0. The van der Waals surface area contributed by atoms with Crippen LogP contribution in [0, 0.1) is 5.41 Å². The number of carbonyl (C=O) groups is 1. The molecule has 1 amide bonds. The molecule has 0 aromatic heterocycles. The van der Waals surface area contributed by atoms with Gasteiger partial charge in [0.05, 0.1) is 6.54 Å². The first-order valence-electron chi connectivity index (χ1n) is 9.77. The molecule has 0 radical (unpaired) electrons. The van der Waals surface area contributed by atoms with Crippen LogP contribution in [0.1, 0.15) is 63.4 Å². The van der Waals surface area contributed by atoms with Gasteiger partial charge in [0.15, 0.2) is 5.96 Å². The molecule has 2 rings (SSSR count). The maximum Gasteiger partial charge on any atom is 0.251 e. The van der Waals surface area contributed by atoms with Crippen LogP contribution in [0.2, 0.25) is 0 Å². The molecule has 0 aliphatic carbocycles. The maximum atomic E-state index is 12.3. The Bertz CT molecular complexity index is 645. The first kappa shape index (κ1) is 23.7. The third kappa shape index (κ3) is 7.31. The van der Waals surface area contributed by atoms with Gasteiger partial charge in [0, 0.05) is 31.2 Å². The Balaban J connectivity index is 0.00000364. The number of rotatable bonds is 6. The Kier molecular flexibility index (Phi) is 9.56. The summed E-state index contributed by atoms with van der Waals surface area (Å²) in [6, 6.07) is 7.95. The second kappa shape index (κ2) is 10.9. The minimum Gasteiger partial charge on any atom is -0.357 e. The number of nitrogens with zero attached hydrogens (tertiary/aromatic N) is 2. The summed E-state index contributed by atoms with van der Waals surface area (Å²) < 4.78 is 0. The fraction of sp³-hybridized carbons (Fsp3) is 0.619. The lowest BCUT2D eigenvalue weighted by Crippen LogP contribution is -2.40. The molecule has 1 fully saturated rings. The molecule has 152 valence electrons. The van der Waals surface area contributed by atoms with E-state index in [1.54, 1.807) is 0 Å². The zero-order valence-electron chi connectivity index (χ0n) is 17.3. The topological polar surface area (TPSA) is 56.7 Å². The highest BCUT2D eigenvalue weighted by Gasteiger charge is 2.30. The Morgan fingerprint density at radius 2 is 2.07 bits per heavy atom. The molecule has 1 aromatic rings. The van der Waals surface area contributed by atoms with Crippen molar-refractivity contribution in [1.82, 2.24) is 15.5 Å². The van der Waals surface area contributed by atoms with Gasteiger partial charge in [0.2, 0.25) is 0 Å². The minimum atomic E-state index is -0.0154. The maximum absolute atomic E-state index is 12.3. The summed E-state index contributed by atoms with van der Waals surface area (Å²) >= 11 is 0. The number of aliphatic imine (C=N–C) groups is 1. The van der Waals surface area contributed by atoms with Crippen molar-refractivity contribution < 1.29 is 4.79 Å².